The number of halogens is 1. The summed E-state index contributed by atoms with van der Waals surface area (Å²) in [6.45, 7) is 4.41. The number of hydrogen-bond donors (Lipinski definition) is 2. The first-order valence-corrected chi connectivity index (χ1v) is 10.8. The molecule has 3 nitrogen and oxygen atoms in total. The summed E-state index contributed by atoms with van der Waals surface area (Å²) in [7, 11) is 0. The van der Waals surface area contributed by atoms with Crippen LogP contribution in [0, 0.1) is 0 Å². The molecule has 150 valence electrons. The zero-order chi connectivity index (χ0) is 20.1. The summed E-state index contributed by atoms with van der Waals surface area (Å²) in [5.41, 5.74) is 4.08. The van der Waals surface area contributed by atoms with E-state index in [1.807, 2.05) is 36.4 Å². The van der Waals surface area contributed by atoms with Gasteiger partial charge in [0.1, 0.15) is 0 Å². The van der Waals surface area contributed by atoms with E-state index in [1.54, 1.807) is 0 Å². The lowest BCUT2D eigenvalue weighted by molar-refractivity contribution is 0.0867. The van der Waals surface area contributed by atoms with Crippen molar-refractivity contribution in [1.82, 2.24) is 5.32 Å². The summed E-state index contributed by atoms with van der Waals surface area (Å²) in [5.74, 6) is 0.424. The molecular weight excluding hydrogens is 370 g/mol. The first-order valence-electron chi connectivity index (χ1n) is 10.4. The van der Waals surface area contributed by atoms with Crippen molar-refractivity contribution in [2.75, 3.05) is 0 Å². The van der Waals surface area contributed by atoms with Crippen LogP contribution in [0.15, 0.2) is 42.5 Å². The fourth-order valence-electron chi connectivity index (χ4n) is 4.18. The molecule has 2 aromatic carbocycles. The Kier molecular flexibility index (Phi) is 7.14. The first kappa shape index (κ1) is 20.9. The van der Waals surface area contributed by atoms with E-state index in [0.717, 1.165) is 49.7 Å². The van der Waals surface area contributed by atoms with Crippen molar-refractivity contribution in [1.29, 1.82) is 0 Å². The number of nitrogens with one attached hydrogen (secondary N) is 1. The van der Waals surface area contributed by atoms with Crippen LogP contribution in [0.2, 0.25) is 5.02 Å². The van der Waals surface area contributed by atoms with E-state index >= 15 is 0 Å². The Morgan fingerprint density at radius 2 is 1.82 bits per heavy atom. The third-order valence-corrected chi connectivity index (χ3v) is 6.14. The second-order valence-electron chi connectivity index (χ2n) is 7.80. The topological polar surface area (TPSA) is 49.3 Å². The van der Waals surface area contributed by atoms with Crippen LogP contribution in [0.1, 0.15) is 74.2 Å². The van der Waals surface area contributed by atoms with E-state index in [9.17, 15) is 9.90 Å². The van der Waals surface area contributed by atoms with Gasteiger partial charge in [-0.05, 0) is 85.4 Å². The molecule has 0 aromatic heterocycles. The quantitative estimate of drug-likeness (QED) is 0.631. The molecule has 2 aromatic rings. The number of amides is 1. The number of hydrogen-bond acceptors (Lipinski definition) is 2. The average Bonchev–Trinajstić information content (AvgIpc) is 2.71. The number of carbonyl (C=O) groups is 1. The largest absolute Gasteiger partial charge is 0.393 e. The molecule has 0 heterocycles. The first-order chi connectivity index (χ1) is 13.5. The van der Waals surface area contributed by atoms with E-state index in [2.05, 4.69) is 25.2 Å². The Bertz CT molecular complexity index is 808. The molecule has 0 atom stereocenters. The van der Waals surface area contributed by atoms with Crippen LogP contribution in [-0.2, 0) is 0 Å². The SMILES string of the molecule is CCC(CC)c1ccc(Cl)cc1-c1cccc(C(=O)N[C@H]2CC[C@H](O)CC2)c1. The number of rotatable bonds is 6. The summed E-state index contributed by atoms with van der Waals surface area (Å²) in [5, 5.41) is 13.5. The minimum absolute atomic E-state index is 0.0469. The van der Waals surface area contributed by atoms with Gasteiger partial charge in [0.2, 0.25) is 0 Å². The average molecular weight is 400 g/mol. The van der Waals surface area contributed by atoms with E-state index in [-0.39, 0.29) is 18.1 Å². The normalized spacial score (nSPS) is 19.6. The van der Waals surface area contributed by atoms with Gasteiger partial charge in [-0.3, -0.25) is 4.79 Å². The number of carbonyl (C=O) groups excluding carboxylic acids is 1. The van der Waals surface area contributed by atoms with Gasteiger partial charge < -0.3 is 10.4 Å². The molecule has 28 heavy (non-hydrogen) atoms. The molecule has 0 unspecified atom stereocenters. The Morgan fingerprint density at radius 1 is 1.11 bits per heavy atom. The maximum Gasteiger partial charge on any atom is 0.251 e. The molecule has 0 saturated heterocycles. The van der Waals surface area contributed by atoms with Gasteiger partial charge in [-0.25, -0.2) is 0 Å². The Labute approximate surface area is 173 Å². The minimum atomic E-state index is -0.220. The highest BCUT2D eigenvalue weighted by molar-refractivity contribution is 6.30. The molecule has 0 radical (unpaired) electrons. The van der Waals surface area contributed by atoms with Crippen molar-refractivity contribution < 1.29 is 9.90 Å². The monoisotopic (exact) mass is 399 g/mol. The third kappa shape index (κ3) is 4.95. The van der Waals surface area contributed by atoms with Gasteiger partial charge >= 0.3 is 0 Å². The maximum absolute atomic E-state index is 12.8. The van der Waals surface area contributed by atoms with Gasteiger partial charge in [-0.1, -0.05) is 43.6 Å². The lowest BCUT2D eigenvalue weighted by Crippen LogP contribution is -2.38. The van der Waals surface area contributed by atoms with Crippen molar-refractivity contribution in [2.24, 2.45) is 0 Å². The van der Waals surface area contributed by atoms with Gasteiger partial charge in [0, 0.05) is 16.6 Å². The molecule has 0 spiro atoms. The minimum Gasteiger partial charge on any atom is -0.393 e. The van der Waals surface area contributed by atoms with Gasteiger partial charge in [0.25, 0.3) is 5.91 Å². The molecular formula is C24H30ClNO2. The van der Waals surface area contributed by atoms with E-state index in [0.29, 0.717) is 16.5 Å². The molecule has 2 N–H and O–H groups in total. The van der Waals surface area contributed by atoms with Crippen molar-refractivity contribution in [3.05, 3.63) is 58.6 Å². The lowest BCUT2D eigenvalue weighted by Gasteiger charge is -2.26. The van der Waals surface area contributed by atoms with Crippen LogP contribution in [0.4, 0.5) is 0 Å². The number of aliphatic hydroxyl groups is 1. The fraction of sp³-hybridized carbons (Fsp3) is 0.458. The molecule has 0 aliphatic heterocycles. The van der Waals surface area contributed by atoms with Gasteiger partial charge in [0.15, 0.2) is 0 Å². The van der Waals surface area contributed by atoms with Crippen LogP contribution < -0.4 is 5.32 Å². The summed E-state index contributed by atoms with van der Waals surface area (Å²) < 4.78 is 0. The van der Waals surface area contributed by atoms with E-state index < -0.39 is 0 Å². The summed E-state index contributed by atoms with van der Waals surface area (Å²) in [6.07, 6.45) is 5.10. The van der Waals surface area contributed by atoms with Crippen molar-refractivity contribution in [3.8, 4) is 11.1 Å². The van der Waals surface area contributed by atoms with Crippen molar-refractivity contribution in [3.63, 3.8) is 0 Å². The lowest BCUT2D eigenvalue weighted by atomic mass is 9.87. The molecule has 1 amide bonds. The van der Waals surface area contributed by atoms with Crippen LogP contribution in [0.5, 0.6) is 0 Å². The Morgan fingerprint density at radius 3 is 2.50 bits per heavy atom. The summed E-state index contributed by atoms with van der Waals surface area (Å²) >= 11 is 6.30. The zero-order valence-corrected chi connectivity index (χ0v) is 17.5. The van der Waals surface area contributed by atoms with Gasteiger partial charge in [-0.2, -0.15) is 0 Å². The molecule has 3 rings (SSSR count). The second-order valence-corrected chi connectivity index (χ2v) is 8.24. The highest BCUT2D eigenvalue weighted by Gasteiger charge is 2.21. The van der Waals surface area contributed by atoms with E-state index in [4.69, 9.17) is 11.6 Å². The standard InChI is InChI=1S/C24H30ClNO2/c1-3-16(4-2)22-13-8-19(25)15-23(22)17-6-5-7-18(14-17)24(28)26-20-9-11-21(27)12-10-20/h5-8,13-16,20-21,27H,3-4,9-12H2,1-2H3,(H,26,28)/t20-,21-. The van der Waals surface area contributed by atoms with E-state index in [1.165, 1.54) is 5.56 Å². The van der Waals surface area contributed by atoms with Crippen molar-refractivity contribution in [2.45, 2.75) is 70.4 Å². The predicted molar refractivity (Wildman–Crippen MR) is 116 cm³/mol. The van der Waals surface area contributed by atoms with Crippen LogP contribution in [-0.4, -0.2) is 23.2 Å². The molecule has 1 aliphatic carbocycles. The fourth-order valence-corrected chi connectivity index (χ4v) is 4.35. The maximum atomic E-state index is 12.8. The number of aliphatic hydroxyl groups excluding tert-OH is 1. The molecule has 1 aliphatic rings. The second kappa shape index (κ2) is 9.58. The van der Waals surface area contributed by atoms with Crippen LogP contribution in [0.25, 0.3) is 11.1 Å². The molecule has 1 saturated carbocycles. The third-order valence-electron chi connectivity index (χ3n) is 5.91. The number of benzene rings is 2. The Hall–Kier alpha value is -1.84. The molecule has 4 heteroatoms. The smallest absolute Gasteiger partial charge is 0.251 e. The highest BCUT2D eigenvalue weighted by Crippen LogP contribution is 2.35. The molecule has 0 bridgehead atoms. The predicted octanol–water partition coefficient (Wildman–Crippen LogP) is 5.94. The summed E-state index contributed by atoms with van der Waals surface area (Å²) in [6, 6.07) is 14.0. The van der Waals surface area contributed by atoms with Crippen LogP contribution in [0.3, 0.4) is 0 Å². The van der Waals surface area contributed by atoms with Gasteiger partial charge in [-0.15, -0.1) is 0 Å². The van der Waals surface area contributed by atoms with Crippen LogP contribution >= 0.6 is 11.6 Å². The zero-order valence-electron chi connectivity index (χ0n) is 16.7. The van der Waals surface area contributed by atoms with Gasteiger partial charge in [0.05, 0.1) is 6.10 Å². The van der Waals surface area contributed by atoms with Crippen molar-refractivity contribution >= 4 is 17.5 Å². The Balaban J connectivity index is 1.85. The summed E-state index contributed by atoms with van der Waals surface area (Å²) in [4.78, 5) is 12.8. The molecule has 1 fully saturated rings. The highest BCUT2D eigenvalue weighted by atomic mass is 35.5.